The van der Waals surface area contributed by atoms with Crippen LogP contribution in [0.25, 0.3) is 0 Å². The molecule has 5 nitrogen and oxygen atoms in total. The number of hydrogen-bond donors (Lipinski definition) is 1. The normalized spacial score (nSPS) is 10.9. The zero-order valence-corrected chi connectivity index (χ0v) is 11.9. The molecule has 0 saturated carbocycles. The summed E-state index contributed by atoms with van der Waals surface area (Å²) in [5.74, 6) is 0. The predicted octanol–water partition coefficient (Wildman–Crippen LogP) is 2.12. The Morgan fingerprint density at radius 2 is 1.89 bits per heavy atom. The summed E-state index contributed by atoms with van der Waals surface area (Å²) in [5, 5.41) is 6.00. The largest absolute Gasteiger partial charge is 0.395 e. The first-order chi connectivity index (χ1) is 8.51. The number of hydrogen-bond acceptors (Lipinski definition) is 5. The Hall–Kier alpha value is -1.56. The lowest BCUT2D eigenvalue weighted by Gasteiger charge is -2.04. The molecule has 2 aromatic heterocycles. The highest BCUT2D eigenvalue weighted by atomic mass is 32.2. The predicted molar refractivity (Wildman–Crippen MR) is 72.6 cm³/mol. The maximum atomic E-state index is 6.08. The minimum Gasteiger partial charge on any atom is -0.395 e. The average Bonchev–Trinajstić information content (AvgIpc) is 2.55. The number of nitrogen functional groups attached to an aromatic ring is 1. The number of rotatable bonds is 3. The number of anilines is 1. The molecule has 2 aromatic rings. The van der Waals surface area contributed by atoms with Crippen LogP contribution in [0.2, 0.25) is 0 Å². The van der Waals surface area contributed by atoms with Gasteiger partial charge in [-0.05, 0) is 38.1 Å². The molecule has 2 rings (SSSR count). The van der Waals surface area contributed by atoms with E-state index in [-0.39, 0.29) is 0 Å². The van der Waals surface area contributed by atoms with E-state index >= 15 is 0 Å². The van der Waals surface area contributed by atoms with Gasteiger partial charge in [0.1, 0.15) is 5.03 Å². The summed E-state index contributed by atoms with van der Waals surface area (Å²) in [4.78, 5) is 8.80. The van der Waals surface area contributed by atoms with E-state index in [0.29, 0.717) is 5.16 Å². The van der Waals surface area contributed by atoms with Crippen molar-refractivity contribution in [1.82, 2.24) is 19.7 Å². The molecule has 0 amide bonds. The van der Waals surface area contributed by atoms with E-state index in [1.165, 1.54) is 11.8 Å². The summed E-state index contributed by atoms with van der Waals surface area (Å²) < 4.78 is 1.79. The molecule has 0 aliphatic heterocycles. The fraction of sp³-hybridized carbons (Fsp3) is 0.417. The average molecular weight is 263 g/mol. The summed E-state index contributed by atoms with van der Waals surface area (Å²) in [6.45, 7) is 5.96. The second kappa shape index (κ2) is 4.97. The zero-order valence-electron chi connectivity index (χ0n) is 11.1. The maximum Gasteiger partial charge on any atom is 0.194 e. The molecule has 96 valence electrons. The summed E-state index contributed by atoms with van der Waals surface area (Å²) in [7, 11) is 1.89. The van der Waals surface area contributed by atoms with Gasteiger partial charge >= 0.3 is 0 Å². The van der Waals surface area contributed by atoms with Crippen molar-refractivity contribution < 1.29 is 0 Å². The molecule has 0 unspecified atom stereocenters. The molecular weight excluding hydrogens is 246 g/mol. The lowest BCUT2D eigenvalue weighted by molar-refractivity contribution is 0.686. The maximum absolute atomic E-state index is 6.08. The van der Waals surface area contributed by atoms with Gasteiger partial charge in [-0.25, -0.2) is 9.97 Å². The van der Waals surface area contributed by atoms with Crippen molar-refractivity contribution in [3.63, 3.8) is 0 Å². The monoisotopic (exact) mass is 263 g/mol. The second-order valence-corrected chi connectivity index (χ2v) is 5.13. The fourth-order valence-corrected chi connectivity index (χ4v) is 2.74. The van der Waals surface area contributed by atoms with Crippen LogP contribution in [0, 0.1) is 13.8 Å². The van der Waals surface area contributed by atoms with E-state index in [1.807, 2.05) is 33.9 Å². The molecule has 6 heteroatoms. The van der Waals surface area contributed by atoms with Crippen molar-refractivity contribution >= 4 is 17.4 Å². The summed E-state index contributed by atoms with van der Waals surface area (Å²) in [6, 6.07) is 1.95. The van der Waals surface area contributed by atoms with Gasteiger partial charge in [-0.1, -0.05) is 6.92 Å². The van der Waals surface area contributed by atoms with E-state index in [2.05, 4.69) is 15.1 Å². The summed E-state index contributed by atoms with van der Waals surface area (Å²) >= 11 is 1.46. The Bertz CT molecular complexity index is 556. The van der Waals surface area contributed by atoms with Crippen LogP contribution in [0.4, 0.5) is 5.69 Å². The van der Waals surface area contributed by atoms with Crippen LogP contribution in [0.1, 0.15) is 24.0 Å². The highest BCUT2D eigenvalue weighted by Gasteiger charge is 2.14. The van der Waals surface area contributed by atoms with Crippen molar-refractivity contribution in [2.45, 2.75) is 37.4 Å². The molecule has 2 heterocycles. The third kappa shape index (κ3) is 2.48. The van der Waals surface area contributed by atoms with E-state index in [9.17, 15) is 0 Å². The summed E-state index contributed by atoms with van der Waals surface area (Å²) in [6.07, 6.45) is 0.827. The van der Waals surface area contributed by atoms with Crippen molar-refractivity contribution in [2.24, 2.45) is 7.05 Å². The molecule has 0 fully saturated rings. The zero-order chi connectivity index (χ0) is 13.3. The highest BCUT2D eigenvalue weighted by molar-refractivity contribution is 7.99. The standard InChI is InChI=1S/C12H17N5S/c1-5-9-10(13)11(17(4)16-9)18-12-14-7(2)6-8(3)15-12/h6H,5,13H2,1-4H3. The molecule has 18 heavy (non-hydrogen) atoms. The molecule has 0 spiro atoms. The van der Waals surface area contributed by atoms with Crippen molar-refractivity contribution in [3.05, 3.63) is 23.1 Å². The highest BCUT2D eigenvalue weighted by Crippen LogP contribution is 2.31. The number of aromatic nitrogens is 4. The number of nitrogens with zero attached hydrogens (tertiary/aromatic N) is 4. The second-order valence-electron chi connectivity index (χ2n) is 4.18. The molecule has 0 saturated heterocycles. The van der Waals surface area contributed by atoms with Gasteiger partial charge in [0.05, 0.1) is 11.4 Å². The number of nitrogens with two attached hydrogens (primary N) is 1. The molecule has 2 N–H and O–H groups in total. The fourth-order valence-electron chi connectivity index (χ4n) is 1.79. The smallest absolute Gasteiger partial charge is 0.194 e. The Morgan fingerprint density at radius 3 is 2.39 bits per heavy atom. The van der Waals surface area contributed by atoms with Crippen molar-refractivity contribution in [1.29, 1.82) is 0 Å². The van der Waals surface area contributed by atoms with Crippen LogP contribution in [-0.4, -0.2) is 19.7 Å². The van der Waals surface area contributed by atoms with E-state index < -0.39 is 0 Å². The van der Waals surface area contributed by atoms with Crippen LogP contribution in [0.3, 0.4) is 0 Å². The first-order valence-corrected chi connectivity index (χ1v) is 6.64. The molecule has 0 aromatic carbocycles. The Labute approximate surface area is 111 Å². The first kappa shape index (κ1) is 12.9. The van der Waals surface area contributed by atoms with Gasteiger partial charge in [-0.2, -0.15) is 5.10 Å². The van der Waals surface area contributed by atoms with Crippen LogP contribution in [-0.2, 0) is 13.5 Å². The minimum absolute atomic E-state index is 0.713. The quantitative estimate of drug-likeness (QED) is 0.859. The lowest BCUT2D eigenvalue weighted by atomic mass is 10.3. The molecule has 0 aliphatic carbocycles. The SMILES string of the molecule is CCc1nn(C)c(Sc2nc(C)cc(C)n2)c1N. The van der Waals surface area contributed by atoms with Gasteiger partial charge in [0.2, 0.25) is 0 Å². The van der Waals surface area contributed by atoms with Gasteiger partial charge in [0, 0.05) is 18.4 Å². The van der Waals surface area contributed by atoms with E-state index in [1.54, 1.807) is 4.68 Å². The Balaban J connectivity index is 2.36. The van der Waals surface area contributed by atoms with Crippen molar-refractivity contribution in [2.75, 3.05) is 5.73 Å². The first-order valence-electron chi connectivity index (χ1n) is 5.82. The molecule has 0 radical (unpaired) electrons. The molecule has 0 atom stereocenters. The van der Waals surface area contributed by atoms with Gasteiger partial charge in [0.25, 0.3) is 0 Å². The third-order valence-corrected chi connectivity index (χ3v) is 3.63. The summed E-state index contributed by atoms with van der Waals surface area (Å²) in [5.41, 5.74) is 9.65. The van der Waals surface area contributed by atoms with Crippen LogP contribution in [0.5, 0.6) is 0 Å². The number of aryl methyl sites for hydroxylation is 4. The lowest BCUT2D eigenvalue weighted by Crippen LogP contribution is -1.97. The van der Waals surface area contributed by atoms with E-state index in [4.69, 9.17) is 5.73 Å². The minimum atomic E-state index is 0.713. The molecule has 0 aliphatic rings. The van der Waals surface area contributed by atoms with Gasteiger partial charge < -0.3 is 5.73 Å². The third-order valence-electron chi connectivity index (χ3n) is 2.59. The molecular formula is C12H17N5S. The van der Waals surface area contributed by atoms with Gasteiger partial charge in [-0.15, -0.1) is 0 Å². The van der Waals surface area contributed by atoms with E-state index in [0.717, 1.165) is 34.2 Å². The van der Waals surface area contributed by atoms with Crippen molar-refractivity contribution in [3.8, 4) is 0 Å². The van der Waals surface area contributed by atoms with Crippen LogP contribution in [0.15, 0.2) is 16.2 Å². The van der Waals surface area contributed by atoms with Crippen LogP contribution < -0.4 is 5.73 Å². The topological polar surface area (TPSA) is 69.6 Å². The Morgan fingerprint density at radius 1 is 1.28 bits per heavy atom. The van der Waals surface area contributed by atoms with Crippen LogP contribution >= 0.6 is 11.8 Å². The Kier molecular flexibility index (Phi) is 3.56. The van der Waals surface area contributed by atoms with Gasteiger partial charge in [0.15, 0.2) is 5.16 Å². The molecule has 0 bridgehead atoms. The van der Waals surface area contributed by atoms with Gasteiger partial charge in [-0.3, -0.25) is 4.68 Å².